The van der Waals surface area contributed by atoms with E-state index in [4.69, 9.17) is 9.47 Å². The quantitative estimate of drug-likeness (QED) is 0.724. The number of H-pyrrole nitrogens is 1. The molecule has 0 saturated carbocycles. The maximum absolute atomic E-state index is 11.8. The molecule has 112 valence electrons. The van der Waals surface area contributed by atoms with Gasteiger partial charge in [0.05, 0.1) is 6.61 Å². The molecular weight excluding hydrogens is 278 g/mol. The van der Waals surface area contributed by atoms with Crippen molar-refractivity contribution in [3.05, 3.63) is 59.8 Å². The van der Waals surface area contributed by atoms with Crippen LogP contribution < -0.4 is 4.74 Å². The van der Waals surface area contributed by atoms with Crippen LogP contribution in [0.1, 0.15) is 23.0 Å². The van der Waals surface area contributed by atoms with Gasteiger partial charge in [0.25, 0.3) is 0 Å². The van der Waals surface area contributed by atoms with E-state index in [2.05, 4.69) is 4.98 Å². The summed E-state index contributed by atoms with van der Waals surface area (Å²) in [6.07, 6.45) is 0. The molecule has 2 aromatic carbocycles. The summed E-state index contributed by atoms with van der Waals surface area (Å²) in [5.74, 6) is 1.10. The molecule has 3 aromatic rings. The lowest BCUT2D eigenvalue weighted by Gasteiger charge is -2.07. The Balaban J connectivity index is 1.95. The molecule has 0 aliphatic carbocycles. The Morgan fingerprint density at radius 1 is 1.14 bits per heavy atom. The zero-order chi connectivity index (χ0) is 15.5. The number of carbonyl (C=O) groups is 1. The Morgan fingerprint density at radius 3 is 2.64 bits per heavy atom. The normalized spacial score (nSPS) is 10.6. The van der Waals surface area contributed by atoms with Gasteiger partial charge >= 0.3 is 5.97 Å². The van der Waals surface area contributed by atoms with Crippen LogP contribution in [-0.2, 0) is 4.74 Å². The number of ether oxygens (including phenoxy) is 2. The van der Waals surface area contributed by atoms with Crippen molar-refractivity contribution in [3.63, 3.8) is 0 Å². The SMILES string of the molecule is CCOC(=O)c1cc2c(Oc3ccc(C)cc3)cccc2[nH]1. The van der Waals surface area contributed by atoms with Crippen molar-refractivity contribution < 1.29 is 14.3 Å². The third-order valence-corrected chi connectivity index (χ3v) is 3.37. The zero-order valence-electron chi connectivity index (χ0n) is 12.6. The van der Waals surface area contributed by atoms with E-state index >= 15 is 0 Å². The Bertz CT molecular complexity index is 803. The fourth-order valence-corrected chi connectivity index (χ4v) is 2.27. The Morgan fingerprint density at radius 2 is 1.91 bits per heavy atom. The molecular formula is C18H17NO3. The van der Waals surface area contributed by atoms with E-state index in [0.717, 1.165) is 16.7 Å². The lowest BCUT2D eigenvalue weighted by atomic mass is 10.2. The number of benzene rings is 2. The highest BCUT2D eigenvalue weighted by atomic mass is 16.5. The number of fused-ring (bicyclic) bond motifs is 1. The molecule has 0 spiro atoms. The minimum Gasteiger partial charge on any atom is -0.461 e. The van der Waals surface area contributed by atoms with E-state index in [1.54, 1.807) is 13.0 Å². The van der Waals surface area contributed by atoms with E-state index in [9.17, 15) is 4.79 Å². The van der Waals surface area contributed by atoms with Crippen LogP contribution in [0, 0.1) is 6.92 Å². The number of aromatic nitrogens is 1. The van der Waals surface area contributed by atoms with E-state index in [-0.39, 0.29) is 5.97 Å². The summed E-state index contributed by atoms with van der Waals surface area (Å²) in [5, 5.41) is 0.853. The molecule has 0 saturated heterocycles. The van der Waals surface area contributed by atoms with Gasteiger partial charge in [0.2, 0.25) is 0 Å². The highest BCUT2D eigenvalue weighted by Gasteiger charge is 2.13. The fourth-order valence-electron chi connectivity index (χ4n) is 2.27. The first-order chi connectivity index (χ1) is 10.7. The van der Waals surface area contributed by atoms with Crippen molar-refractivity contribution in [1.82, 2.24) is 4.98 Å². The molecule has 0 radical (unpaired) electrons. The summed E-state index contributed by atoms with van der Waals surface area (Å²) in [4.78, 5) is 14.9. The van der Waals surface area contributed by atoms with Gasteiger partial charge in [0.15, 0.2) is 0 Å². The van der Waals surface area contributed by atoms with Gasteiger partial charge in [-0.15, -0.1) is 0 Å². The van der Waals surface area contributed by atoms with Crippen LogP contribution >= 0.6 is 0 Å². The van der Waals surface area contributed by atoms with Gasteiger partial charge in [-0.3, -0.25) is 0 Å². The molecule has 22 heavy (non-hydrogen) atoms. The standard InChI is InChI=1S/C18H17NO3/c1-3-21-18(20)16-11-14-15(19-16)5-4-6-17(14)22-13-9-7-12(2)8-10-13/h4-11,19H,3H2,1-2H3. The topological polar surface area (TPSA) is 51.3 Å². The Labute approximate surface area is 128 Å². The largest absolute Gasteiger partial charge is 0.461 e. The van der Waals surface area contributed by atoms with Gasteiger partial charge in [-0.1, -0.05) is 23.8 Å². The van der Waals surface area contributed by atoms with Crippen LogP contribution in [0.25, 0.3) is 10.9 Å². The smallest absolute Gasteiger partial charge is 0.354 e. The third kappa shape index (κ3) is 2.81. The predicted molar refractivity (Wildman–Crippen MR) is 85.5 cm³/mol. The van der Waals surface area contributed by atoms with Crippen LogP contribution in [0.4, 0.5) is 0 Å². The number of hydrogen-bond donors (Lipinski definition) is 1. The summed E-state index contributed by atoms with van der Waals surface area (Å²) in [6, 6.07) is 15.3. The minimum atomic E-state index is -0.361. The van der Waals surface area contributed by atoms with Gasteiger partial charge in [-0.25, -0.2) is 4.79 Å². The van der Waals surface area contributed by atoms with Gasteiger partial charge in [0.1, 0.15) is 17.2 Å². The molecule has 3 rings (SSSR count). The van der Waals surface area contributed by atoms with Crippen molar-refractivity contribution >= 4 is 16.9 Å². The van der Waals surface area contributed by atoms with Crippen LogP contribution in [0.5, 0.6) is 11.5 Å². The Hall–Kier alpha value is -2.75. The van der Waals surface area contributed by atoms with Crippen LogP contribution in [0.3, 0.4) is 0 Å². The summed E-state index contributed by atoms with van der Waals surface area (Å²) in [7, 11) is 0. The number of carbonyl (C=O) groups excluding carboxylic acids is 1. The molecule has 0 atom stereocenters. The third-order valence-electron chi connectivity index (χ3n) is 3.37. The van der Waals surface area contributed by atoms with Crippen LogP contribution in [0.15, 0.2) is 48.5 Å². The highest BCUT2D eigenvalue weighted by molar-refractivity contribution is 5.97. The average molecular weight is 295 g/mol. The second-order valence-corrected chi connectivity index (χ2v) is 5.04. The number of esters is 1. The number of aryl methyl sites for hydroxylation is 1. The highest BCUT2D eigenvalue weighted by Crippen LogP contribution is 2.30. The van der Waals surface area contributed by atoms with Gasteiger partial charge in [-0.2, -0.15) is 0 Å². The summed E-state index contributed by atoms with van der Waals surface area (Å²) in [6.45, 7) is 4.16. The zero-order valence-corrected chi connectivity index (χ0v) is 12.6. The van der Waals surface area contributed by atoms with E-state index in [0.29, 0.717) is 18.1 Å². The second-order valence-electron chi connectivity index (χ2n) is 5.04. The summed E-state index contributed by atoms with van der Waals surface area (Å²) >= 11 is 0. The van der Waals surface area contributed by atoms with Crippen molar-refractivity contribution in [2.75, 3.05) is 6.61 Å². The van der Waals surface area contributed by atoms with Crippen LogP contribution in [-0.4, -0.2) is 17.6 Å². The second kappa shape index (κ2) is 5.93. The van der Waals surface area contributed by atoms with Gasteiger partial charge in [0, 0.05) is 10.9 Å². The van der Waals surface area contributed by atoms with E-state index < -0.39 is 0 Å². The van der Waals surface area contributed by atoms with E-state index in [1.165, 1.54) is 5.56 Å². The molecule has 0 unspecified atom stereocenters. The monoisotopic (exact) mass is 295 g/mol. The molecule has 1 N–H and O–H groups in total. The Kier molecular flexibility index (Phi) is 3.83. The van der Waals surface area contributed by atoms with Crippen molar-refractivity contribution in [2.45, 2.75) is 13.8 Å². The number of hydrogen-bond acceptors (Lipinski definition) is 3. The molecule has 4 nitrogen and oxygen atoms in total. The maximum atomic E-state index is 11.8. The molecule has 4 heteroatoms. The first kappa shape index (κ1) is 14.2. The van der Waals surface area contributed by atoms with Gasteiger partial charge in [-0.05, 0) is 44.2 Å². The molecule has 0 aliphatic heterocycles. The molecule has 0 bridgehead atoms. The first-order valence-corrected chi connectivity index (χ1v) is 7.21. The lowest BCUT2D eigenvalue weighted by Crippen LogP contribution is -2.04. The maximum Gasteiger partial charge on any atom is 0.354 e. The first-order valence-electron chi connectivity index (χ1n) is 7.21. The number of aromatic amines is 1. The van der Waals surface area contributed by atoms with Crippen molar-refractivity contribution in [1.29, 1.82) is 0 Å². The number of nitrogens with one attached hydrogen (secondary N) is 1. The van der Waals surface area contributed by atoms with E-state index in [1.807, 2.05) is 49.4 Å². The summed E-state index contributed by atoms with van der Waals surface area (Å²) < 4.78 is 10.9. The predicted octanol–water partition coefficient (Wildman–Crippen LogP) is 4.45. The molecule has 0 aliphatic rings. The molecule has 0 amide bonds. The van der Waals surface area contributed by atoms with Gasteiger partial charge < -0.3 is 14.5 Å². The average Bonchev–Trinajstić information content (AvgIpc) is 2.95. The minimum absolute atomic E-state index is 0.348. The molecule has 1 heterocycles. The number of rotatable bonds is 4. The summed E-state index contributed by atoms with van der Waals surface area (Å²) in [5.41, 5.74) is 2.45. The van der Waals surface area contributed by atoms with Crippen molar-refractivity contribution in [3.8, 4) is 11.5 Å². The lowest BCUT2D eigenvalue weighted by molar-refractivity contribution is 0.0520. The fraction of sp³-hybridized carbons (Fsp3) is 0.167. The molecule has 0 fully saturated rings. The van der Waals surface area contributed by atoms with Crippen molar-refractivity contribution in [2.24, 2.45) is 0 Å². The molecule has 1 aromatic heterocycles. The van der Waals surface area contributed by atoms with Crippen LogP contribution in [0.2, 0.25) is 0 Å².